The van der Waals surface area contributed by atoms with Crippen LogP contribution in [0.4, 0.5) is 0 Å². The zero-order valence-corrected chi connectivity index (χ0v) is 15.3. The first kappa shape index (κ1) is 16.1. The van der Waals surface area contributed by atoms with Crippen molar-refractivity contribution in [1.82, 2.24) is 0 Å². The summed E-state index contributed by atoms with van der Waals surface area (Å²) in [6, 6.07) is 22.7. The molecule has 0 radical (unpaired) electrons. The normalized spacial score (nSPS) is 11.0. The molecule has 0 spiro atoms. The molecule has 0 bridgehead atoms. The molecule has 4 aromatic rings. The minimum absolute atomic E-state index is 0.365. The van der Waals surface area contributed by atoms with E-state index in [1.807, 2.05) is 60.7 Å². The second-order valence-electron chi connectivity index (χ2n) is 5.65. The van der Waals surface area contributed by atoms with Gasteiger partial charge in [0.1, 0.15) is 5.58 Å². The number of fused-ring (bicyclic) bond motifs is 1. The average Bonchev–Trinajstić information content (AvgIpc) is 2.63. The maximum absolute atomic E-state index is 12.8. The Morgan fingerprint density at radius 1 is 0.800 bits per heavy atom. The highest BCUT2D eigenvalue weighted by molar-refractivity contribution is 9.10. The Hall–Kier alpha value is -2.36. The van der Waals surface area contributed by atoms with E-state index in [2.05, 4.69) is 15.9 Å². The molecule has 2 nitrogen and oxygen atoms in total. The van der Waals surface area contributed by atoms with E-state index < -0.39 is 0 Å². The van der Waals surface area contributed by atoms with Crippen molar-refractivity contribution >= 4 is 38.5 Å². The van der Waals surface area contributed by atoms with Crippen LogP contribution in [0.15, 0.2) is 86.5 Å². The SMILES string of the molecule is O=c1oc2ccc(Cl)cc2c(-c2ccccc2)c1-c1ccc(Br)cc1. The Bertz CT molecular complexity index is 1120. The zero-order chi connectivity index (χ0) is 17.4. The van der Waals surface area contributed by atoms with Crippen molar-refractivity contribution in [2.45, 2.75) is 0 Å². The van der Waals surface area contributed by atoms with Crippen LogP contribution in [-0.2, 0) is 0 Å². The van der Waals surface area contributed by atoms with Gasteiger partial charge in [0, 0.05) is 20.4 Å². The van der Waals surface area contributed by atoms with E-state index in [0.717, 1.165) is 26.5 Å². The molecule has 0 fully saturated rings. The molecule has 0 saturated carbocycles. The second-order valence-corrected chi connectivity index (χ2v) is 7.01. The zero-order valence-electron chi connectivity index (χ0n) is 13.0. The van der Waals surface area contributed by atoms with Crippen LogP contribution in [0, 0.1) is 0 Å². The molecular formula is C21H12BrClO2. The van der Waals surface area contributed by atoms with Gasteiger partial charge in [-0.05, 0) is 41.5 Å². The molecule has 0 aliphatic rings. The smallest absolute Gasteiger partial charge is 0.344 e. The first-order chi connectivity index (χ1) is 12.1. The molecule has 1 heterocycles. The Morgan fingerprint density at radius 3 is 2.20 bits per heavy atom. The molecule has 0 amide bonds. The van der Waals surface area contributed by atoms with Crippen molar-refractivity contribution in [2.24, 2.45) is 0 Å². The Kier molecular flexibility index (Phi) is 4.20. The fourth-order valence-corrected chi connectivity index (χ4v) is 3.39. The average molecular weight is 412 g/mol. The van der Waals surface area contributed by atoms with Gasteiger partial charge in [0.25, 0.3) is 0 Å². The van der Waals surface area contributed by atoms with Crippen LogP contribution >= 0.6 is 27.5 Å². The first-order valence-electron chi connectivity index (χ1n) is 7.71. The third kappa shape index (κ3) is 3.01. The van der Waals surface area contributed by atoms with Crippen LogP contribution in [0.2, 0.25) is 5.02 Å². The van der Waals surface area contributed by atoms with Gasteiger partial charge in [0.15, 0.2) is 0 Å². The Balaban J connectivity index is 2.16. The van der Waals surface area contributed by atoms with Gasteiger partial charge in [-0.3, -0.25) is 0 Å². The highest BCUT2D eigenvalue weighted by Crippen LogP contribution is 2.37. The number of hydrogen-bond acceptors (Lipinski definition) is 2. The number of hydrogen-bond donors (Lipinski definition) is 0. The summed E-state index contributed by atoms with van der Waals surface area (Å²) in [6.07, 6.45) is 0. The van der Waals surface area contributed by atoms with Gasteiger partial charge in [-0.1, -0.05) is 70.0 Å². The predicted octanol–water partition coefficient (Wildman–Crippen LogP) is 6.54. The van der Waals surface area contributed by atoms with E-state index >= 15 is 0 Å². The van der Waals surface area contributed by atoms with E-state index in [1.54, 1.807) is 12.1 Å². The van der Waals surface area contributed by atoms with Crippen molar-refractivity contribution in [3.8, 4) is 22.3 Å². The fraction of sp³-hybridized carbons (Fsp3) is 0. The summed E-state index contributed by atoms with van der Waals surface area (Å²) in [6.45, 7) is 0. The van der Waals surface area contributed by atoms with E-state index in [1.165, 1.54) is 0 Å². The Labute approximate surface area is 157 Å². The number of benzene rings is 3. The maximum Gasteiger partial charge on any atom is 0.344 e. The van der Waals surface area contributed by atoms with Gasteiger partial charge >= 0.3 is 5.63 Å². The van der Waals surface area contributed by atoms with Crippen LogP contribution in [0.5, 0.6) is 0 Å². The summed E-state index contributed by atoms with van der Waals surface area (Å²) >= 11 is 9.64. The molecule has 4 rings (SSSR count). The van der Waals surface area contributed by atoms with Crippen LogP contribution in [0.25, 0.3) is 33.2 Å². The highest BCUT2D eigenvalue weighted by atomic mass is 79.9. The summed E-state index contributed by atoms with van der Waals surface area (Å²) < 4.78 is 6.52. The lowest BCUT2D eigenvalue weighted by atomic mass is 9.93. The van der Waals surface area contributed by atoms with Gasteiger partial charge in [-0.2, -0.15) is 0 Å². The molecule has 25 heavy (non-hydrogen) atoms. The third-order valence-corrected chi connectivity index (χ3v) is 4.83. The van der Waals surface area contributed by atoms with Gasteiger partial charge < -0.3 is 4.42 Å². The van der Waals surface area contributed by atoms with E-state index in [9.17, 15) is 4.79 Å². The van der Waals surface area contributed by atoms with Crippen molar-refractivity contribution in [1.29, 1.82) is 0 Å². The fourth-order valence-electron chi connectivity index (χ4n) is 2.96. The standard InChI is InChI=1S/C21H12BrClO2/c22-15-8-6-14(7-9-15)20-19(13-4-2-1-3-5-13)17-12-16(23)10-11-18(17)25-21(20)24/h1-12H. The lowest BCUT2D eigenvalue weighted by molar-refractivity contribution is 0.564. The molecule has 0 N–H and O–H groups in total. The lowest BCUT2D eigenvalue weighted by Crippen LogP contribution is -2.06. The van der Waals surface area contributed by atoms with Crippen molar-refractivity contribution in [3.05, 3.63) is 92.7 Å². The minimum atomic E-state index is -0.365. The highest BCUT2D eigenvalue weighted by Gasteiger charge is 2.18. The summed E-state index contributed by atoms with van der Waals surface area (Å²) in [7, 11) is 0. The molecule has 0 unspecified atom stereocenters. The predicted molar refractivity (Wildman–Crippen MR) is 106 cm³/mol. The molecule has 0 atom stereocenters. The van der Waals surface area contributed by atoms with E-state index in [0.29, 0.717) is 16.2 Å². The van der Waals surface area contributed by atoms with Crippen molar-refractivity contribution in [2.75, 3.05) is 0 Å². The molecule has 0 aliphatic carbocycles. The first-order valence-corrected chi connectivity index (χ1v) is 8.88. The molecule has 3 aromatic carbocycles. The minimum Gasteiger partial charge on any atom is -0.422 e. The van der Waals surface area contributed by atoms with Crippen molar-refractivity contribution < 1.29 is 4.42 Å². The molecule has 4 heteroatoms. The van der Waals surface area contributed by atoms with Crippen LogP contribution in [-0.4, -0.2) is 0 Å². The number of rotatable bonds is 2. The molecule has 1 aromatic heterocycles. The summed E-state index contributed by atoms with van der Waals surface area (Å²) in [5, 5.41) is 1.41. The Morgan fingerprint density at radius 2 is 1.48 bits per heavy atom. The quantitative estimate of drug-likeness (QED) is 0.350. The third-order valence-electron chi connectivity index (χ3n) is 4.06. The largest absolute Gasteiger partial charge is 0.422 e. The van der Waals surface area contributed by atoms with Crippen LogP contribution in [0.3, 0.4) is 0 Å². The van der Waals surface area contributed by atoms with Gasteiger partial charge in [0.2, 0.25) is 0 Å². The summed E-state index contributed by atoms with van der Waals surface area (Å²) in [4.78, 5) is 12.8. The molecular weight excluding hydrogens is 400 g/mol. The molecule has 0 aliphatic heterocycles. The summed E-state index contributed by atoms with van der Waals surface area (Å²) in [5.74, 6) is 0. The summed E-state index contributed by atoms with van der Waals surface area (Å²) in [5.41, 5.74) is 3.27. The maximum atomic E-state index is 12.8. The molecule has 122 valence electrons. The van der Waals surface area contributed by atoms with Gasteiger partial charge in [-0.15, -0.1) is 0 Å². The second kappa shape index (κ2) is 6.51. The van der Waals surface area contributed by atoms with E-state index in [4.69, 9.17) is 16.0 Å². The van der Waals surface area contributed by atoms with E-state index in [-0.39, 0.29) is 5.63 Å². The topological polar surface area (TPSA) is 30.2 Å². The monoisotopic (exact) mass is 410 g/mol. The van der Waals surface area contributed by atoms with Crippen LogP contribution in [0.1, 0.15) is 0 Å². The van der Waals surface area contributed by atoms with Crippen molar-refractivity contribution in [3.63, 3.8) is 0 Å². The molecule has 0 saturated heterocycles. The van der Waals surface area contributed by atoms with Gasteiger partial charge in [-0.25, -0.2) is 4.79 Å². The van der Waals surface area contributed by atoms with Crippen LogP contribution < -0.4 is 5.63 Å². The van der Waals surface area contributed by atoms with Gasteiger partial charge in [0.05, 0.1) is 5.56 Å². The number of halogens is 2. The lowest BCUT2D eigenvalue weighted by Gasteiger charge is -2.12.